The van der Waals surface area contributed by atoms with Gasteiger partial charge in [0.1, 0.15) is 0 Å². The maximum Gasteiger partial charge on any atom is 0.0589 e. The van der Waals surface area contributed by atoms with Crippen molar-refractivity contribution in [2.75, 3.05) is 0 Å². The van der Waals surface area contributed by atoms with Gasteiger partial charge in [-0.05, 0) is 25.0 Å². The molecule has 2 radical (unpaired) electrons. The van der Waals surface area contributed by atoms with Crippen LogP contribution < -0.4 is 5.19 Å². The molecular weight excluding hydrogens is 124 g/mol. The average molecular weight is 134 g/mol. The number of aryl methyl sites for hydroxylation is 1. The Hall–Kier alpha value is -0.563. The molecule has 0 fully saturated rings. The third-order valence-corrected chi connectivity index (χ3v) is 2.27. The topological polar surface area (TPSA) is 0 Å². The van der Waals surface area contributed by atoms with Crippen LogP contribution in [-0.4, -0.2) is 10.2 Å². The molecule has 0 saturated heterocycles. The van der Waals surface area contributed by atoms with E-state index in [0.29, 0.717) is 0 Å². The maximum absolute atomic E-state index is 2.72. The molecule has 0 nitrogen and oxygen atoms in total. The first kappa shape index (κ1) is 6.56. The van der Waals surface area contributed by atoms with Crippen LogP contribution in [0.15, 0.2) is 18.2 Å². The van der Waals surface area contributed by atoms with Gasteiger partial charge in [-0.2, -0.15) is 0 Å². The number of hydrogen-bond acceptors (Lipinski definition) is 0. The van der Waals surface area contributed by atoms with E-state index >= 15 is 0 Å². The minimum atomic E-state index is 1.30. The van der Waals surface area contributed by atoms with Crippen molar-refractivity contribution in [1.82, 2.24) is 0 Å². The van der Waals surface area contributed by atoms with E-state index in [1.807, 2.05) is 0 Å². The van der Waals surface area contributed by atoms with Crippen LogP contribution in [0.25, 0.3) is 0 Å². The lowest BCUT2D eigenvalue weighted by atomic mass is 10.1. The van der Waals surface area contributed by atoms with Gasteiger partial charge in [0, 0.05) is 0 Å². The van der Waals surface area contributed by atoms with Gasteiger partial charge in [-0.15, -0.1) is 0 Å². The Bertz CT molecular complexity index is 196. The second-order valence-corrected chi connectivity index (χ2v) is 2.91. The Balaban J connectivity index is 3.25. The lowest BCUT2D eigenvalue weighted by molar-refractivity contribution is 1.37. The Morgan fingerprint density at radius 2 is 1.89 bits per heavy atom. The highest BCUT2D eigenvalue weighted by atomic mass is 28.1. The lowest BCUT2D eigenvalue weighted by Gasteiger charge is -2.00. The highest BCUT2D eigenvalue weighted by molar-refractivity contribution is 6.33. The van der Waals surface area contributed by atoms with E-state index in [9.17, 15) is 0 Å². The molecule has 0 aliphatic rings. The molecule has 0 unspecified atom stereocenters. The zero-order valence-electron chi connectivity index (χ0n) is 5.81. The van der Waals surface area contributed by atoms with Gasteiger partial charge in [0.05, 0.1) is 10.2 Å². The SMILES string of the molecule is Cc1cccc([SiH])c1C. The van der Waals surface area contributed by atoms with Crippen molar-refractivity contribution >= 4 is 15.4 Å². The summed E-state index contributed by atoms with van der Waals surface area (Å²) in [6.07, 6.45) is 0. The molecule has 1 rings (SSSR count). The Labute approximate surface area is 59.3 Å². The first-order valence-corrected chi connectivity index (χ1v) is 3.61. The fraction of sp³-hybridized carbons (Fsp3) is 0.250. The van der Waals surface area contributed by atoms with Crippen LogP contribution in [0.3, 0.4) is 0 Å². The Morgan fingerprint density at radius 3 is 2.33 bits per heavy atom. The minimum Gasteiger partial charge on any atom is -0.0655 e. The van der Waals surface area contributed by atoms with Crippen LogP contribution in [0.2, 0.25) is 0 Å². The van der Waals surface area contributed by atoms with Crippen molar-refractivity contribution in [1.29, 1.82) is 0 Å². The fourth-order valence-electron chi connectivity index (χ4n) is 0.774. The smallest absolute Gasteiger partial charge is 0.0589 e. The molecule has 0 spiro atoms. The summed E-state index contributed by atoms with van der Waals surface area (Å²) in [7, 11) is 2.72. The summed E-state index contributed by atoms with van der Waals surface area (Å²) < 4.78 is 0. The van der Waals surface area contributed by atoms with Gasteiger partial charge >= 0.3 is 0 Å². The van der Waals surface area contributed by atoms with Gasteiger partial charge in [0.2, 0.25) is 0 Å². The van der Waals surface area contributed by atoms with Crippen molar-refractivity contribution in [3.63, 3.8) is 0 Å². The summed E-state index contributed by atoms with van der Waals surface area (Å²) in [5, 5.41) is 1.30. The predicted octanol–water partition coefficient (Wildman–Crippen LogP) is 0.830. The average Bonchev–Trinajstić information content (AvgIpc) is 1.83. The molecule has 46 valence electrons. The summed E-state index contributed by atoms with van der Waals surface area (Å²) in [6.45, 7) is 4.26. The number of rotatable bonds is 0. The zero-order chi connectivity index (χ0) is 6.85. The van der Waals surface area contributed by atoms with Gasteiger partial charge in [-0.3, -0.25) is 0 Å². The molecule has 0 aliphatic heterocycles. The number of benzene rings is 1. The van der Waals surface area contributed by atoms with Gasteiger partial charge in [-0.1, -0.05) is 23.4 Å². The molecule has 0 bridgehead atoms. The van der Waals surface area contributed by atoms with Crippen LogP contribution in [0.4, 0.5) is 0 Å². The zero-order valence-corrected chi connectivity index (χ0v) is 6.96. The van der Waals surface area contributed by atoms with Crippen molar-refractivity contribution in [3.8, 4) is 0 Å². The standard InChI is InChI=1S/C8H10Si/c1-6-4-3-5-8(9)7(6)2/h3-5,9H,1-2H3. The van der Waals surface area contributed by atoms with E-state index in [4.69, 9.17) is 0 Å². The summed E-state index contributed by atoms with van der Waals surface area (Å²) in [6, 6.07) is 6.31. The molecule has 1 heteroatoms. The van der Waals surface area contributed by atoms with E-state index in [2.05, 4.69) is 42.3 Å². The van der Waals surface area contributed by atoms with E-state index in [1.54, 1.807) is 0 Å². The first-order chi connectivity index (χ1) is 4.22. The van der Waals surface area contributed by atoms with Gasteiger partial charge in [0.15, 0.2) is 0 Å². The monoisotopic (exact) mass is 134 g/mol. The molecule has 0 heterocycles. The van der Waals surface area contributed by atoms with Crippen LogP contribution in [-0.2, 0) is 0 Å². The summed E-state index contributed by atoms with van der Waals surface area (Å²) >= 11 is 0. The largest absolute Gasteiger partial charge is 0.0655 e. The van der Waals surface area contributed by atoms with E-state index in [-0.39, 0.29) is 0 Å². The minimum absolute atomic E-state index is 1.30. The van der Waals surface area contributed by atoms with Crippen molar-refractivity contribution in [2.24, 2.45) is 0 Å². The van der Waals surface area contributed by atoms with Crippen molar-refractivity contribution in [2.45, 2.75) is 13.8 Å². The van der Waals surface area contributed by atoms with Gasteiger partial charge in [0.25, 0.3) is 0 Å². The first-order valence-electron chi connectivity index (χ1n) is 3.03. The molecule has 0 aliphatic carbocycles. The molecule has 9 heavy (non-hydrogen) atoms. The molecular formula is C8H10Si. The predicted molar refractivity (Wildman–Crippen MR) is 42.7 cm³/mol. The molecule has 1 aromatic carbocycles. The van der Waals surface area contributed by atoms with Gasteiger partial charge in [-0.25, -0.2) is 0 Å². The highest BCUT2D eigenvalue weighted by Gasteiger charge is 1.91. The second-order valence-electron chi connectivity index (χ2n) is 2.29. The molecule has 0 atom stereocenters. The third-order valence-electron chi connectivity index (χ3n) is 1.65. The number of hydrogen-bond donors (Lipinski definition) is 0. The van der Waals surface area contributed by atoms with E-state index < -0.39 is 0 Å². The maximum atomic E-state index is 2.72. The molecule has 0 aromatic heterocycles. The lowest BCUT2D eigenvalue weighted by Crippen LogP contribution is -2.07. The third kappa shape index (κ3) is 1.22. The fourth-order valence-corrected chi connectivity index (χ4v) is 1.11. The molecule has 0 saturated carbocycles. The molecule has 1 aromatic rings. The van der Waals surface area contributed by atoms with Crippen LogP contribution >= 0.6 is 0 Å². The quantitative estimate of drug-likeness (QED) is 0.461. The molecule has 0 N–H and O–H groups in total. The second kappa shape index (κ2) is 2.36. The van der Waals surface area contributed by atoms with Crippen LogP contribution in [0.5, 0.6) is 0 Å². The van der Waals surface area contributed by atoms with Gasteiger partial charge < -0.3 is 0 Å². The van der Waals surface area contributed by atoms with Crippen LogP contribution in [0, 0.1) is 13.8 Å². The van der Waals surface area contributed by atoms with Crippen molar-refractivity contribution < 1.29 is 0 Å². The summed E-state index contributed by atoms with van der Waals surface area (Å²) in [5.41, 5.74) is 2.74. The Kier molecular flexibility index (Phi) is 1.72. The van der Waals surface area contributed by atoms with E-state index in [0.717, 1.165) is 0 Å². The van der Waals surface area contributed by atoms with Crippen LogP contribution in [0.1, 0.15) is 11.1 Å². The van der Waals surface area contributed by atoms with E-state index in [1.165, 1.54) is 16.3 Å². The molecule has 0 amide bonds. The summed E-state index contributed by atoms with van der Waals surface area (Å²) in [5.74, 6) is 0. The normalized spacial score (nSPS) is 9.67. The summed E-state index contributed by atoms with van der Waals surface area (Å²) in [4.78, 5) is 0. The van der Waals surface area contributed by atoms with Crippen molar-refractivity contribution in [3.05, 3.63) is 29.3 Å². The Morgan fingerprint density at radius 1 is 1.22 bits per heavy atom. The highest BCUT2D eigenvalue weighted by Crippen LogP contribution is 1.99.